The molecule has 0 aliphatic rings. The largest absolute Gasteiger partial charge is 0.473 e. The van der Waals surface area contributed by atoms with Crippen molar-refractivity contribution in [2.45, 2.75) is 13.5 Å². The zero-order valence-corrected chi connectivity index (χ0v) is 11.5. The number of carbonyl (C=O) groups is 1. The fraction of sp³-hybridized carbons (Fsp3) is 0.143. The van der Waals surface area contributed by atoms with Crippen LogP contribution in [0.25, 0.3) is 0 Å². The fourth-order valence-corrected chi connectivity index (χ4v) is 1.71. The second-order valence-corrected chi connectivity index (χ2v) is 4.77. The highest BCUT2D eigenvalue weighted by Crippen LogP contribution is 2.14. The molecule has 0 saturated heterocycles. The molecule has 0 spiro atoms. The smallest absolute Gasteiger partial charge is 0.214 e. The van der Waals surface area contributed by atoms with E-state index in [1.165, 1.54) is 6.92 Å². The van der Waals surface area contributed by atoms with E-state index in [1.807, 2.05) is 24.3 Å². The molecule has 0 fully saturated rings. The number of halogens is 1. The molecule has 1 heterocycles. The van der Waals surface area contributed by atoms with Crippen LogP contribution in [0.4, 0.5) is 0 Å². The Morgan fingerprint density at radius 2 is 2.00 bits per heavy atom. The zero-order valence-electron chi connectivity index (χ0n) is 9.89. The van der Waals surface area contributed by atoms with Crippen molar-refractivity contribution in [1.82, 2.24) is 4.98 Å². The molecule has 92 valence electrons. The van der Waals surface area contributed by atoms with Gasteiger partial charge in [0.15, 0.2) is 5.78 Å². The van der Waals surface area contributed by atoms with E-state index >= 15 is 0 Å². The Kier molecular flexibility index (Phi) is 4.10. The van der Waals surface area contributed by atoms with Crippen LogP contribution in [0.5, 0.6) is 5.88 Å². The Labute approximate surface area is 114 Å². The standard InChI is InChI=1S/C14H12BrNO2/c1-10(17)12-6-7-16-14(8-12)18-9-11-2-4-13(15)5-3-11/h2-8H,9H2,1H3. The number of rotatable bonds is 4. The summed E-state index contributed by atoms with van der Waals surface area (Å²) in [5.41, 5.74) is 1.66. The number of ketones is 1. The third-order valence-electron chi connectivity index (χ3n) is 2.44. The van der Waals surface area contributed by atoms with Crippen LogP contribution in [0.15, 0.2) is 47.1 Å². The maximum Gasteiger partial charge on any atom is 0.214 e. The molecule has 0 N–H and O–H groups in total. The molecule has 0 amide bonds. The number of pyridine rings is 1. The van der Waals surface area contributed by atoms with Crippen LogP contribution in [0, 0.1) is 0 Å². The number of aromatic nitrogens is 1. The normalized spacial score (nSPS) is 10.1. The summed E-state index contributed by atoms with van der Waals surface area (Å²) in [6.07, 6.45) is 1.58. The Hall–Kier alpha value is -1.68. The van der Waals surface area contributed by atoms with Crippen LogP contribution in [0.2, 0.25) is 0 Å². The number of hydrogen-bond donors (Lipinski definition) is 0. The summed E-state index contributed by atoms with van der Waals surface area (Å²) in [7, 11) is 0. The quantitative estimate of drug-likeness (QED) is 0.810. The number of benzene rings is 1. The lowest BCUT2D eigenvalue weighted by molar-refractivity contribution is 0.101. The van der Waals surface area contributed by atoms with E-state index in [9.17, 15) is 4.79 Å². The monoisotopic (exact) mass is 305 g/mol. The zero-order chi connectivity index (χ0) is 13.0. The highest BCUT2D eigenvalue weighted by atomic mass is 79.9. The van der Waals surface area contributed by atoms with Crippen molar-refractivity contribution >= 4 is 21.7 Å². The number of Topliss-reactive ketones (excluding diaryl/α,β-unsaturated/α-hetero) is 1. The minimum absolute atomic E-state index is 0.00546. The highest BCUT2D eigenvalue weighted by Gasteiger charge is 2.02. The van der Waals surface area contributed by atoms with Gasteiger partial charge in [0.1, 0.15) is 6.61 Å². The molecule has 0 bridgehead atoms. The Morgan fingerprint density at radius 1 is 1.28 bits per heavy atom. The van der Waals surface area contributed by atoms with E-state index in [0.717, 1.165) is 10.0 Å². The van der Waals surface area contributed by atoms with Crippen molar-refractivity contribution in [3.63, 3.8) is 0 Å². The molecule has 0 atom stereocenters. The highest BCUT2D eigenvalue weighted by molar-refractivity contribution is 9.10. The van der Waals surface area contributed by atoms with Crippen LogP contribution < -0.4 is 4.74 Å². The van der Waals surface area contributed by atoms with E-state index in [2.05, 4.69) is 20.9 Å². The van der Waals surface area contributed by atoms with Gasteiger partial charge in [0.05, 0.1) is 0 Å². The van der Waals surface area contributed by atoms with Gasteiger partial charge in [0, 0.05) is 22.3 Å². The van der Waals surface area contributed by atoms with Gasteiger partial charge in [-0.15, -0.1) is 0 Å². The first-order valence-corrected chi connectivity index (χ1v) is 6.28. The molecule has 0 radical (unpaired) electrons. The lowest BCUT2D eigenvalue weighted by atomic mass is 10.2. The summed E-state index contributed by atoms with van der Waals surface area (Å²) < 4.78 is 6.57. The molecule has 2 rings (SSSR count). The summed E-state index contributed by atoms with van der Waals surface area (Å²) in [6.45, 7) is 1.95. The molecule has 0 unspecified atom stereocenters. The van der Waals surface area contributed by atoms with E-state index in [0.29, 0.717) is 18.1 Å². The number of hydrogen-bond acceptors (Lipinski definition) is 3. The van der Waals surface area contributed by atoms with Gasteiger partial charge in [-0.1, -0.05) is 28.1 Å². The number of ether oxygens (including phenoxy) is 1. The minimum atomic E-state index is 0.00546. The third-order valence-corrected chi connectivity index (χ3v) is 2.97. The second kappa shape index (κ2) is 5.78. The first-order chi connectivity index (χ1) is 8.65. The Morgan fingerprint density at radius 3 is 2.67 bits per heavy atom. The van der Waals surface area contributed by atoms with Crippen molar-refractivity contribution < 1.29 is 9.53 Å². The first kappa shape index (κ1) is 12.8. The van der Waals surface area contributed by atoms with E-state index in [4.69, 9.17) is 4.74 Å². The van der Waals surface area contributed by atoms with Crippen molar-refractivity contribution in [3.8, 4) is 5.88 Å². The molecule has 0 aliphatic carbocycles. The lowest BCUT2D eigenvalue weighted by Gasteiger charge is -2.06. The summed E-state index contributed by atoms with van der Waals surface area (Å²) in [5.74, 6) is 0.469. The average Bonchev–Trinajstić information content (AvgIpc) is 2.38. The summed E-state index contributed by atoms with van der Waals surface area (Å²) in [4.78, 5) is 15.3. The number of carbonyl (C=O) groups excluding carboxylic acids is 1. The van der Waals surface area contributed by atoms with E-state index in [1.54, 1.807) is 18.3 Å². The number of nitrogens with zero attached hydrogens (tertiary/aromatic N) is 1. The molecular weight excluding hydrogens is 294 g/mol. The summed E-state index contributed by atoms with van der Waals surface area (Å²) >= 11 is 3.38. The maximum absolute atomic E-state index is 11.2. The van der Waals surface area contributed by atoms with Gasteiger partial charge in [-0.05, 0) is 30.7 Å². The molecular formula is C14H12BrNO2. The molecule has 1 aromatic carbocycles. The van der Waals surface area contributed by atoms with Crippen LogP contribution in [0.1, 0.15) is 22.8 Å². The van der Waals surface area contributed by atoms with Gasteiger partial charge in [-0.25, -0.2) is 4.98 Å². The molecule has 2 aromatic rings. The summed E-state index contributed by atoms with van der Waals surface area (Å²) in [6, 6.07) is 11.2. The SMILES string of the molecule is CC(=O)c1ccnc(OCc2ccc(Br)cc2)c1. The third kappa shape index (κ3) is 3.40. The Balaban J connectivity index is 2.04. The van der Waals surface area contributed by atoms with Gasteiger partial charge in [0.25, 0.3) is 0 Å². The molecule has 3 nitrogen and oxygen atoms in total. The maximum atomic E-state index is 11.2. The molecule has 0 saturated carbocycles. The van der Waals surface area contributed by atoms with Crippen LogP contribution in [-0.2, 0) is 6.61 Å². The van der Waals surface area contributed by atoms with Gasteiger partial charge < -0.3 is 4.74 Å². The van der Waals surface area contributed by atoms with E-state index < -0.39 is 0 Å². The predicted molar refractivity (Wildman–Crippen MR) is 72.7 cm³/mol. The van der Waals surface area contributed by atoms with Crippen molar-refractivity contribution in [1.29, 1.82) is 0 Å². The molecule has 0 aliphatic heterocycles. The first-order valence-electron chi connectivity index (χ1n) is 5.49. The van der Waals surface area contributed by atoms with Crippen LogP contribution in [-0.4, -0.2) is 10.8 Å². The van der Waals surface area contributed by atoms with E-state index in [-0.39, 0.29) is 5.78 Å². The molecule has 1 aromatic heterocycles. The summed E-state index contributed by atoms with van der Waals surface area (Å²) in [5, 5.41) is 0. The van der Waals surface area contributed by atoms with Gasteiger partial charge in [-0.2, -0.15) is 0 Å². The van der Waals surface area contributed by atoms with Crippen molar-refractivity contribution in [3.05, 3.63) is 58.2 Å². The van der Waals surface area contributed by atoms with Gasteiger partial charge in [0.2, 0.25) is 5.88 Å². The molecule has 18 heavy (non-hydrogen) atoms. The second-order valence-electron chi connectivity index (χ2n) is 3.85. The van der Waals surface area contributed by atoms with Crippen LogP contribution >= 0.6 is 15.9 Å². The molecule has 4 heteroatoms. The van der Waals surface area contributed by atoms with Crippen molar-refractivity contribution in [2.24, 2.45) is 0 Å². The average molecular weight is 306 g/mol. The van der Waals surface area contributed by atoms with Gasteiger partial charge >= 0.3 is 0 Å². The fourth-order valence-electron chi connectivity index (χ4n) is 1.45. The topological polar surface area (TPSA) is 39.2 Å². The minimum Gasteiger partial charge on any atom is -0.473 e. The Bertz CT molecular complexity index is 552. The van der Waals surface area contributed by atoms with Crippen molar-refractivity contribution in [2.75, 3.05) is 0 Å². The van der Waals surface area contributed by atoms with Crippen LogP contribution in [0.3, 0.4) is 0 Å². The predicted octanol–water partition coefficient (Wildman–Crippen LogP) is 3.63. The lowest BCUT2D eigenvalue weighted by Crippen LogP contribution is -1.99. The van der Waals surface area contributed by atoms with Gasteiger partial charge in [-0.3, -0.25) is 4.79 Å².